The lowest BCUT2D eigenvalue weighted by Gasteiger charge is -2.27. The number of nitrogens with zero attached hydrogens (tertiary/aromatic N) is 1. The summed E-state index contributed by atoms with van der Waals surface area (Å²) >= 11 is 0. The third-order valence-electron chi connectivity index (χ3n) is 2.68. The fourth-order valence-corrected chi connectivity index (χ4v) is 1.71. The van der Waals surface area contributed by atoms with Crippen molar-refractivity contribution in [3.8, 4) is 0 Å². The van der Waals surface area contributed by atoms with E-state index < -0.39 is 6.04 Å². The van der Waals surface area contributed by atoms with Crippen molar-refractivity contribution in [3.63, 3.8) is 0 Å². The van der Waals surface area contributed by atoms with Gasteiger partial charge in [-0.05, 0) is 38.8 Å². The van der Waals surface area contributed by atoms with Crippen molar-refractivity contribution in [2.45, 2.75) is 46.2 Å². The van der Waals surface area contributed by atoms with Gasteiger partial charge in [0, 0.05) is 23.5 Å². The molecule has 5 nitrogen and oxygen atoms in total. The lowest BCUT2D eigenvalue weighted by atomic mass is 10.0. The minimum absolute atomic E-state index is 0.00290. The minimum atomic E-state index is -0.560. The molecule has 0 aliphatic heterocycles. The lowest BCUT2D eigenvalue weighted by molar-refractivity contribution is -0.125. The predicted molar refractivity (Wildman–Crippen MR) is 78.2 cm³/mol. The van der Waals surface area contributed by atoms with E-state index in [-0.39, 0.29) is 23.3 Å². The summed E-state index contributed by atoms with van der Waals surface area (Å²) in [5, 5.41) is 5.67. The standard InChI is InChI=1S/C15H23N3O2/c1-10(2)12(14(20)18-15(3,4)5)17-13(19)11-6-8-16-9-7-11/h6-10,12H,1-5H3,(H,17,19)(H,18,20). The van der Waals surface area contributed by atoms with Crippen LogP contribution >= 0.6 is 0 Å². The summed E-state index contributed by atoms with van der Waals surface area (Å²) in [6, 6.07) is 2.68. The zero-order valence-electron chi connectivity index (χ0n) is 12.7. The maximum absolute atomic E-state index is 12.2. The van der Waals surface area contributed by atoms with Gasteiger partial charge in [-0.15, -0.1) is 0 Å². The van der Waals surface area contributed by atoms with Gasteiger partial charge in [-0.3, -0.25) is 14.6 Å². The van der Waals surface area contributed by atoms with Gasteiger partial charge in [0.05, 0.1) is 0 Å². The van der Waals surface area contributed by atoms with Crippen molar-refractivity contribution >= 4 is 11.8 Å². The smallest absolute Gasteiger partial charge is 0.252 e. The van der Waals surface area contributed by atoms with Crippen LogP contribution in [-0.4, -0.2) is 28.4 Å². The van der Waals surface area contributed by atoms with Gasteiger partial charge in [0.2, 0.25) is 5.91 Å². The van der Waals surface area contributed by atoms with Crippen molar-refractivity contribution in [2.75, 3.05) is 0 Å². The van der Waals surface area contributed by atoms with Crippen LogP contribution in [0.1, 0.15) is 45.0 Å². The van der Waals surface area contributed by atoms with Crippen LogP contribution in [0, 0.1) is 5.92 Å². The van der Waals surface area contributed by atoms with Gasteiger partial charge in [-0.2, -0.15) is 0 Å². The molecule has 1 aromatic heterocycles. The highest BCUT2D eigenvalue weighted by Gasteiger charge is 2.27. The fraction of sp³-hybridized carbons (Fsp3) is 0.533. The first-order valence-corrected chi connectivity index (χ1v) is 6.73. The van der Waals surface area contributed by atoms with Crippen LogP contribution in [0.15, 0.2) is 24.5 Å². The van der Waals surface area contributed by atoms with Crippen LogP contribution < -0.4 is 10.6 Å². The molecule has 1 aromatic rings. The summed E-state index contributed by atoms with van der Waals surface area (Å²) in [5.41, 5.74) is 0.167. The molecular formula is C15H23N3O2. The van der Waals surface area contributed by atoms with Crippen LogP contribution in [0.2, 0.25) is 0 Å². The monoisotopic (exact) mass is 277 g/mol. The zero-order chi connectivity index (χ0) is 15.3. The molecule has 0 aliphatic rings. The Kier molecular flexibility index (Phi) is 5.25. The molecule has 1 rings (SSSR count). The number of amides is 2. The molecule has 110 valence electrons. The normalized spacial score (nSPS) is 12.9. The molecule has 0 aromatic carbocycles. The maximum Gasteiger partial charge on any atom is 0.252 e. The Balaban J connectivity index is 2.78. The van der Waals surface area contributed by atoms with E-state index in [4.69, 9.17) is 0 Å². The Hall–Kier alpha value is -1.91. The van der Waals surface area contributed by atoms with Crippen molar-refractivity contribution in [2.24, 2.45) is 5.92 Å². The highest BCUT2D eigenvalue weighted by Crippen LogP contribution is 2.07. The molecule has 20 heavy (non-hydrogen) atoms. The van der Waals surface area contributed by atoms with Crippen molar-refractivity contribution in [3.05, 3.63) is 30.1 Å². The number of pyridine rings is 1. The first kappa shape index (κ1) is 16.1. The van der Waals surface area contributed by atoms with Gasteiger partial charge in [-0.25, -0.2) is 0 Å². The highest BCUT2D eigenvalue weighted by atomic mass is 16.2. The summed E-state index contributed by atoms with van der Waals surface area (Å²) in [5.74, 6) is -0.437. The highest BCUT2D eigenvalue weighted by molar-refractivity contribution is 5.97. The second-order valence-electron chi connectivity index (χ2n) is 6.17. The summed E-state index contributed by atoms with van der Waals surface area (Å²) in [6.07, 6.45) is 3.10. The van der Waals surface area contributed by atoms with E-state index in [0.717, 1.165) is 0 Å². The Morgan fingerprint density at radius 2 is 1.70 bits per heavy atom. The summed E-state index contributed by atoms with van der Waals surface area (Å²) in [4.78, 5) is 28.2. The first-order valence-electron chi connectivity index (χ1n) is 6.73. The molecule has 2 amide bonds. The second-order valence-corrected chi connectivity index (χ2v) is 6.17. The van der Waals surface area contributed by atoms with E-state index in [1.54, 1.807) is 24.5 Å². The second kappa shape index (κ2) is 6.50. The average molecular weight is 277 g/mol. The van der Waals surface area contributed by atoms with Crippen molar-refractivity contribution in [1.82, 2.24) is 15.6 Å². The number of aromatic nitrogens is 1. The Morgan fingerprint density at radius 3 is 2.15 bits per heavy atom. The van der Waals surface area contributed by atoms with Crippen molar-refractivity contribution < 1.29 is 9.59 Å². The molecule has 0 saturated heterocycles. The van der Waals surface area contributed by atoms with Crippen molar-refractivity contribution in [1.29, 1.82) is 0 Å². The SMILES string of the molecule is CC(C)C(NC(=O)c1ccncc1)C(=O)NC(C)(C)C. The van der Waals surface area contributed by atoms with Gasteiger partial charge >= 0.3 is 0 Å². The number of hydrogen-bond donors (Lipinski definition) is 2. The predicted octanol–water partition coefficient (Wildman–Crippen LogP) is 1.75. The molecular weight excluding hydrogens is 254 g/mol. The molecule has 1 heterocycles. The van der Waals surface area contributed by atoms with Gasteiger partial charge in [0.25, 0.3) is 5.91 Å². The zero-order valence-corrected chi connectivity index (χ0v) is 12.7. The van der Waals surface area contributed by atoms with Crippen LogP contribution in [0.4, 0.5) is 0 Å². The number of carbonyl (C=O) groups excluding carboxylic acids is 2. The fourth-order valence-electron chi connectivity index (χ4n) is 1.71. The molecule has 0 fully saturated rings. The van der Waals surface area contributed by atoms with Crippen LogP contribution in [0.25, 0.3) is 0 Å². The van der Waals surface area contributed by atoms with Crippen LogP contribution in [0.5, 0.6) is 0 Å². The van der Waals surface area contributed by atoms with E-state index >= 15 is 0 Å². The van der Waals surface area contributed by atoms with E-state index in [9.17, 15) is 9.59 Å². The molecule has 1 unspecified atom stereocenters. The Bertz CT molecular complexity index is 464. The molecule has 0 spiro atoms. The summed E-state index contributed by atoms with van der Waals surface area (Å²) < 4.78 is 0. The average Bonchev–Trinajstić information content (AvgIpc) is 2.34. The van der Waals surface area contributed by atoms with Gasteiger partial charge < -0.3 is 10.6 Å². The Morgan fingerprint density at radius 1 is 1.15 bits per heavy atom. The minimum Gasteiger partial charge on any atom is -0.350 e. The third kappa shape index (κ3) is 4.99. The summed E-state index contributed by atoms with van der Waals surface area (Å²) in [7, 11) is 0. The quantitative estimate of drug-likeness (QED) is 0.880. The van der Waals surface area contributed by atoms with E-state index in [0.29, 0.717) is 5.56 Å². The number of nitrogens with one attached hydrogen (secondary N) is 2. The molecule has 2 N–H and O–H groups in total. The molecule has 1 atom stereocenters. The summed E-state index contributed by atoms with van der Waals surface area (Å²) in [6.45, 7) is 9.53. The van der Waals surface area contributed by atoms with E-state index in [2.05, 4.69) is 15.6 Å². The molecule has 0 aliphatic carbocycles. The molecule has 0 bridgehead atoms. The van der Waals surface area contributed by atoms with Crippen LogP contribution in [-0.2, 0) is 4.79 Å². The number of rotatable bonds is 4. The largest absolute Gasteiger partial charge is 0.350 e. The first-order chi connectivity index (χ1) is 9.20. The third-order valence-corrected chi connectivity index (χ3v) is 2.68. The molecule has 0 saturated carbocycles. The van der Waals surface area contributed by atoms with Gasteiger partial charge in [0.1, 0.15) is 6.04 Å². The Labute approximate surface area is 120 Å². The molecule has 0 radical (unpaired) electrons. The topological polar surface area (TPSA) is 71.1 Å². The van der Waals surface area contributed by atoms with Gasteiger partial charge in [-0.1, -0.05) is 13.8 Å². The number of hydrogen-bond acceptors (Lipinski definition) is 3. The van der Waals surface area contributed by atoms with E-state index in [1.165, 1.54) is 0 Å². The number of carbonyl (C=O) groups is 2. The lowest BCUT2D eigenvalue weighted by Crippen LogP contribution is -2.54. The van der Waals surface area contributed by atoms with Crippen LogP contribution in [0.3, 0.4) is 0 Å². The maximum atomic E-state index is 12.2. The molecule has 5 heteroatoms. The van der Waals surface area contributed by atoms with E-state index in [1.807, 2.05) is 34.6 Å². The van der Waals surface area contributed by atoms with Gasteiger partial charge in [0.15, 0.2) is 0 Å².